The van der Waals surface area contributed by atoms with Gasteiger partial charge in [0.15, 0.2) is 0 Å². The zero-order valence-corrected chi connectivity index (χ0v) is 22.7. The Hall–Kier alpha value is -2.89. The molecule has 1 atom stereocenters. The lowest BCUT2D eigenvalue weighted by Gasteiger charge is -2.32. The fourth-order valence-corrected chi connectivity index (χ4v) is 4.82. The Kier molecular flexibility index (Phi) is 10.1. The Balaban J connectivity index is 2.52. The maximum Gasteiger partial charge on any atom is 0.271 e. The Bertz CT molecular complexity index is 1230. The van der Waals surface area contributed by atoms with Gasteiger partial charge in [-0.15, -0.1) is 0 Å². The number of rotatable bonds is 11. The monoisotopic (exact) mass is 558 g/mol. The van der Waals surface area contributed by atoms with Crippen LogP contribution in [0.2, 0.25) is 10.0 Å². The SMILES string of the molecule is CCCNC(=O)[C@@H](C)N(Cc1c(Cl)cccc1Cl)C(=O)CN(c1cc([N+](=O)[O-])ccc1C)S(C)(=O)=O. The molecule has 0 aliphatic rings. The molecular formula is C23H28Cl2N4O6S. The van der Waals surface area contributed by atoms with Crippen LogP contribution >= 0.6 is 23.2 Å². The van der Waals surface area contributed by atoms with E-state index in [0.717, 1.165) is 16.6 Å². The standard InChI is InChI=1S/C23H28Cl2N4O6S/c1-5-11-26-23(31)16(3)27(13-18-19(24)7-6-8-20(18)25)22(30)14-28(36(4,34)35)21-12-17(29(32)33)10-9-15(21)2/h6-10,12,16H,5,11,13-14H2,1-4H3,(H,26,31)/t16-/m1/s1. The Morgan fingerprint density at radius 1 is 1.17 bits per heavy atom. The van der Waals surface area contributed by atoms with Gasteiger partial charge in [0.05, 0.1) is 16.9 Å². The lowest BCUT2D eigenvalue weighted by atomic mass is 10.1. The summed E-state index contributed by atoms with van der Waals surface area (Å²) in [6, 6.07) is 7.55. The average molecular weight is 559 g/mol. The number of anilines is 1. The minimum atomic E-state index is -4.05. The van der Waals surface area contributed by atoms with Crippen molar-refractivity contribution < 1.29 is 22.9 Å². The van der Waals surface area contributed by atoms with Gasteiger partial charge in [0, 0.05) is 40.8 Å². The van der Waals surface area contributed by atoms with Gasteiger partial charge in [-0.1, -0.05) is 42.3 Å². The van der Waals surface area contributed by atoms with Gasteiger partial charge >= 0.3 is 0 Å². The lowest BCUT2D eigenvalue weighted by molar-refractivity contribution is -0.384. The molecule has 1 N–H and O–H groups in total. The van der Waals surface area contributed by atoms with Crippen LogP contribution in [0.4, 0.5) is 11.4 Å². The maximum atomic E-state index is 13.6. The number of non-ortho nitro benzene ring substituents is 1. The molecule has 0 radical (unpaired) electrons. The number of nitro benzene ring substituents is 1. The maximum absolute atomic E-state index is 13.6. The molecule has 0 saturated heterocycles. The first-order valence-electron chi connectivity index (χ1n) is 11.0. The topological polar surface area (TPSA) is 130 Å². The summed E-state index contributed by atoms with van der Waals surface area (Å²) in [5, 5.41) is 14.5. The number of carbonyl (C=O) groups excluding carboxylic acids is 2. The lowest BCUT2D eigenvalue weighted by Crippen LogP contribution is -2.51. The summed E-state index contributed by atoms with van der Waals surface area (Å²) in [7, 11) is -4.05. The van der Waals surface area contributed by atoms with Crippen molar-refractivity contribution >= 4 is 56.4 Å². The van der Waals surface area contributed by atoms with Gasteiger partial charge in [0.1, 0.15) is 12.6 Å². The van der Waals surface area contributed by atoms with E-state index in [4.69, 9.17) is 23.2 Å². The number of halogens is 2. The highest BCUT2D eigenvalue weighted by atomic mass is 35.5. The molecule has 0 aromatic heterocycles. The Labute approximate surface area is 220 Å². The first-order chi connectivity index (χ1) is 16.8. The smallest absolute Gasteiger partial charge is 0.271 e. The molecule has 2 rings (SSSR count). The van der Waals surface area contributed by atoms with Gasteiger partial charge in [-0.05, 0) is 38.0 Å². The van der Waals surface area contributed by atoms with Crippen molar-refractivity contribution in [1.29, 1.82) is 0 Å². The third-order valence-electron chi connectivity index (χ3n) is 5.46. The van der Waals surface area contributed by atoms with Crippen molar-refractivity contribution in [1.82, 2.24) is 10.2 Å². The fourth-order valence-electron chi connectivity index (χ4n) is 3.41. The number of nitrogens with one attached hydrogen (secondary N) is 1. The van der Waals surface area contributed by atoms with Crippen molar-refractivity contribution in [3.63, 3.8) is 0 Å². The zero-order chi connectivity index (χ0) is 27.2. The summed E-state index contributed by atoms with van der Waals surface area (Å²) < 4.78 is 26.2. The quantitative estimate of drug-likeness (QED) is 0.328. The highest BCUT2D eigenvalue weighted by Crippen LogP contribution is 2.29. The fraction of sp³-hybridized carbons (Fsp3) is 0.391. The molecular weight excluding hydrogens is 531 g/mol. The second-order valence-corrected chi connectivity index (χ2v) is 10.9. The van der Waals surface area contributed by atoms with E-state index in [1.54, 1.807) is 25.1 Å². The van der Waals surface area contributed by atoms with Crippen LogP contribution in [0, 0.1) is 17.0 Å². The molecule has 2 amide bonds. The minimum absolute atomic E-state index is 0.0149. The molecule has 13 heteroatoms. The van der Waals surface area contributed by atoms with Crippen molar-refractivity contribution in [2.24, 2.45) is 0 Å². The summed E-state index contributed by atoms with van der Waals surface area (Å²) in [6.07, 6.45) is 1.57. The number of benzene rings is 2. The number of aryl methyl sites for hydroxylation is 1. The largest absolute Gasteiger partial charge is 0.354 e. The first-order valence-corrected chi connectivity index (χ1v) is 13.6. The highest BCUT2D eigenvalue weighted by Gasteiger charge is 2.31. The third kappa shape index (κ3) is 7.31. The first kappa shape index (κ1) is 29.3. The van der Waals surface area contributed by atoms with Crippen LogP contribution in [0.25, 0.3) is 0 Å². The molecule has 196 valence electrons. The molecule has 0 bridgehead atoms. The van der Waals surface area contributed by atoms with Gasteiger partial charge in [-0.25, -0.2) is 8.42 Å². The molecule has 0 unspecified atom stereocenters. The van der Waals surface area contributed by atoms with Crippen molar-refractivity contribution in [2.75, 3.05) is 23.7 Å². The second-order valence-electron chi connectivity index (χ2n) is 8.19. The number of nitro groups is 1. The molecule has 0 spiro atoms. The van der Waals surface area contributed by atoms with Gasteiger partial charge in [-0.2, -0.15) is 0 Å². The van der Waals surface area contributed by atoms with E-state index in [1.165, 1.54) is 24.0 Å². The summed E-state index contributed by atoms with van der Waals surface area (Å²) in [4.78, 5) is 38.1. The van der Waals surface area contributed by atoms with E-state index in [0.29, 0.717) is 24.1 Å². The summed E-state index contributed by atoms with van der Waals surface area (Å²) in [5.41, 5.74) is 0.456. The van der Waals surface area contributed by atoms with E-state index in [9.17, 15) is 28.1 Å². The van der Waals surface area contributed by atoms with Crippen LogP contribution in [0.1, 0.15) is 31.4 Å². The van der Waals surface area contributed by atoms with Crippen molar-refractivity contribution in [3.05, 3.63) is 67.7 Å². The number of sulfonamides is 1. The minimum Gasteiger partial charge on any atom is -0.354 e. The third-order valence-corrected chi connectivity index (χ3v) is 7.29. The molecule has 0 saturated carbocycles. The molecule has 0 heterocycles. The van der Waals surface area contributed by atoms with Crippen molar-refractivity contribution in [2.45, 2.75) is 39.8 Å². The predicted molar refractivity (Wildman–Crippen MR) is 140 cm³/mol. The van der Waals surface area contributed by atoms with Gasteiger partial charge < -0.3 is 10.2 Å². The van der Waals surface area contributed by atoms with E-state index in [2.05, 4.69) is 5.32 Å². The molecule has 10 nitrogen and oxygen atoms in total. The van der Waals surface area contributed by atoms with E-state index >= 15 is 0 Å². The molecule has 36 heavy (non-hydrogen) atoms. The molecule has 0 aliphatic heterocycles. The van der Waals surface area contributed by atoms with Crippen molar-refractivity contribution in [3.8, 4) is 0 Å². The van der Waals surface area contributed by atoms with Crippen LogP contribution in [0.3, 0.4) is 0 Å². The van der Waals surface area contributed by atoms with E-state index < -0.39 is 39.3 Å². The Morgan fingerprint density at radius 3 is 2.31 bits per heavy atom. The van der Waals surface area contributed by atoms with Crippen LogP contribution in [0.5, 0.6) is 0 Å². The average Bonchev–Trinajstić information content (AvgIpc) is 2.80. The van der Waals surface area contributed by atoms with Gasteiger partial charge in [0.2, 0.25) is 21.8 Å². The second kappa shape index (κ2) is 12.4. The normalized spacial score (nSPS) is 12.1. The number of carbonyl (C=O) groups is 2. The number of hydrogen-bond acceptors (Lipinski definition) is 6. The molecule has 2 aromatic rings. The summed E-state index contributed by atoms with van der Waals surface area (Å²) >= 11 is 12.6. The van der Waals surface area contributed by atoms with Crippen LogP contribution in [-0.2, 0) is 26.2 Å². The van der Waals surface area contributed by atoms with Crippen LogP contribution < -0.4 is 9.62 Å². The summed E-state index contributed by atoms with van der Waals surface area (Å²) in [5.74, 6) is -1.16. The Morgan fingerprint density at radius 2 is 1.78 bits per heavy atom. The van der Waals surface area contributed by atoms with E-state index in [1.807, 2.05) is 6.92 Å². The van der Waals surface area contributed by atoms with Crippen LogP contribution in [0.15, 0.2) is 36.4 Å². The number of hydrogen-bond donors (Lipinski definition) is 1. The number of nitrogens with zero attached hydrogens (tertiary/aromatic N) is 3. The molecule has 2 aromatic carbocycles. The van der Waals surface area contributed by atoms with E-state index in [-0.39, 0.29) is 28.0 Å². The van der Waals surface area contributed by atoms with Gasteiger partial charge in [0.25, 0.3) is 5.69 Å². The molecule has 0 fully saturated rings. The van der Waals surface area contributed by atoms with Gasteiger partial charge in [-0.3, -0.25) is 24.0 Å². The number of amides is 2. The zero-order valence-electron chi connectivity index (χ0n) is 20.3. The summed E-state index contributed by atoms with van der Waals surface area (Å²) in [6.45, 7) is 4.49. The molecule has 0 aliphatic carbocycles. The highest BCUT2D eigenvalue weighted by molar-refractivity contribution is 7.92. The predicted octanol–water partition coefficient (Wildman–Crippen LogP) is 3.92. The van der Waals surface area contributed by atoms with Crippen LogP contribution in [-0.4, -0.2) is 55.4 Å².